The molecule has 0 aromatic carbocycles. The van der Waals surface area contributed by atoms with Crippen LogP contribution in [0.25, 0.3) is 0 Å². The number of rotatable bonds is 2. The van der Waals surface area contributed by atoms with Crippen molar-refractivity contribution in [2.24, 2.45) is 5.73 Å². The molecule has 1 aromatic heterocycles. The number of aromatic nitrogens is 2. The van der Waals surface area contributed by atoms with E-state index in [0.29, 0.717) is 0 Å². The summed E-state index contributed by atoms with van der Waals surface area (Å²) in [4.78, 5) is 2.20. The molecule has 0 aliphatic carbocycles. The molecule has 1 fully saturated rings. The van der Waals surface area contributed by atoms with Gasteiger partial charge < -0.3 is 10.6 Å². The Morgan fingerprint density at radius 3 is 2.78 bits per heavy atom. The summed E-state index contributed by atoms with van der Waals surface area (Å²) in [5, 5.41) is 16.2. The number of hydrogen-bond acceptors (Lipinski definition) is 5. The highest BCUT2D eigenvalue weighted by Gasteiger charge is 2.20. The minimum absolute atomic E-state index is 0.0809. The van der Waals surface area contributed by atoms with E-state index in [0.717, 1.165) is 47.9 Å². The van der Waals surface area contributed by atoms with Gasteiger partial charge in [0, 0.05) is 18.8 Å². The molecular weight excluding hydrogens is 246 g/mol. The maximum atomic E-state index is 7.77. The van der Waals surface area contributed by atoms with E-state index < -0.39 is 0 Å². The van der Waals surface area contributed by atoms with Crippen LogP contribution in [0.4, 0.5) is 5.82 Å². The number of nitrogens with one attached hydrogen (secondary N) is 1. The Morgan fingerprint density at radius 1 is 1.28 bits per heavy atom. The Bertz CT molecular complexity index is 452. The van der Waals surface area contributed by atoms with Gasteiger partial charge in [-0.25, -0.2) is 0 Å². The van der Waals surface area contributed by atoms with Gasteiger partial charge in [-0.3, -0.25) is 5.41 Å². The van der Waals surface area contributed by atoms with Crippen molar-refractivity contribution in [3.05, 3.63) is 16.8 Å². The Balaban J connectivity index is 2.42. The molecule has 6 heteroatoms. The lowest BCUT2D eigenvalue weighted by Crippen LogP contribution is -2.30. The van der Waals surface area contributed by atoms with Crippen LogP contribution in [0.5, 0.6) is 0 Å². The van der Waals surface area contributed by atoms with Gasteiger partial charge in [-0.05, 0) is 31.6 Å². The molecule has 18 heavy (non-hydrogen) atoms. The quantitative estimate of drug-likeness (QED) is 0.623. The van der Waals surface area contributed by atoms with Gasteiger partial charge in [0.2, 0.25) is 0 Å². The van der Waals surface area contributed by atoms with Crippen LogP contribution in [0.1, 0.15) is 23.2 Å². The molecule has 0 spiro atoms. The molecule has 1 aromatic rings. The normalized spacial score (nSPS) is 16.4. The van der Waals surface area contributed by atoms with E-state index in [9.17, 15) is 0 Å². The first-order chi connectivity index (χ1) is 8.61. The number of anilines is 1. The Hall–Kier alpha value is -1.30. The summed E-state index contributed by atoms with van der Waals surface area (Å²) in [5.41, 5.74) is 8.26. The number of aryl methyl sites for hydroxylation is 1. The number of thioether (sulfide) groups is 1. The van der Waals surface area contributed by atoms with Gasteiger partial charge in [-0.2, -0.15) is 16.9 Å². The van der Waals surface area contributed by atoms with Crippen LogP contribution < -0.4 is 10.6 Å². The fourth-order valence-corrected chi connectivity index (χ4v) is 2.98. The number of nitrogen functional groups attached to an aromatic ring is 1. The molecule has 1 saturated heterocycles. The summed E-state index contributed by atoms with van der Waals surface area (Å²) >= 11 is 1.96. The van der Waals surface area contributed by atoms with Crippen molar-refractivity contribution < 1.29 is 0 Å². The average molecular weight is 265 g/mol. The smallest absolute Gasteiger partial charge is 0.162 e. The standard InChI is InChI=1S/C12H19N5S/c1-8-9(2)15-16-12(10(8)11(13)14)17-4-3-6-18-7-5-17/h3-7H2,1-2H3,(H3,13,14). The van der Waals surface area contributed by atoms with Gasteiger partial charge in [-0.1, -0.05) is 0 Å². The fraction of sp³-hybridized carbons (Fsp3) is 0.583. The van der Waals surface area contributed by atoms with Crippen molar-refractivity contribution in [1.29, 1.82) is 5.41 Å². The number of hydrogen-bond donors (Lipinski definition) is 2. The summed E-state index contributed by atoms with van der Waals surface area (Å²) in [7, 11) is 0. The first kappa shape index (κ1) is 13.1. The van der Waals surface area contributed by atoms with E-state index in [1.54, 1.807) is 0 Å². The maximum absolute atomic E-state index is 7.77. The summed E-state index contributed by atoms with van der Waals surface area (Å²) in [6.45, 7) is 5.76. The highest BCUT2D eigenvalue weighted by atomic mass is 32.2. The molecule has 0 saturated carbocycles. The summed E-state index contributed by atoms with van der Waals surface area (Å²) in [6, 6.07) is 0. The predicted molar refractivity (Wildman–Crippen MR) is 76.7 cm³/mol. The van der Waals surface area contributed by atoms with Gasteiger partial charge in [0.05, 0.1) is 11.3 Å². The minimum atomic E-state index is 0.0809. The Labute approximate surface area is 112 Å². The van der Waals surface area contributed by atoms with E-state index in [1.807, 2.05) is 25.6 Å². The predicted octanol–water partition coefficient (Wildman–Crippen LogP) is 1.32. The van der Waals surface area contributed by atoms with Crippen molar-refractivity contribution in [1.82, 2.24) is 10.2 Å². The molecule has 3 N–H and O–H groups in total. The average Bonchev–Trinajstić information content (AvgIpc) is 2.60. The van der Waals surface area contributed by atoms with Crippen molar-refractivity contribution in [3.63, 3.8) is 0 Å². The van der Waals surface area contributed by atoms with E-state index in [4.69, 9.17) is 11.1 Å². The second-order valence-corrected chi connectivity index (χ2v) is 5.70. The molecule has 2 heterocycles. The molecule has 0 bridgehead atoms. The van der Waals surface area contributed by atoms with E-state index >= 15 is 0 Å². The maximum Gasteiger partial charge on any atom is 0.162 e. The summed E-state index contributed by atoms with van der Waals surface area (Å²) in [5.74, 6) is 3.13. The summed E-state index contributed by atoms with van der Waals surface area (Å²) < 4.78 is 0. The molecule has 2 rings (SSSR count). The zero-order chi connectivity index (χ0) is 13.1. The first-order valence-corrected chi connectivity index (χ1v) is 7.27. The van der Waals surface area contributed by atoms with Crippen LogP contribution in [0.15, 0.2) is 0 Å². The van der Waals surface area contributed by atoms with Crippen LogP contribution in [0.2, 0.25) is 0 Å². The van der Waals surface area contributed by atoms with Crippen LogP contribution in [0.3, 0.4) is 0 Å². The first-order valence-electron chi connectivity index (χ1n) is 6.12. The number of nitrogens with two attached hydrogens (primary N) is 1. The minimum Gasteiger partial charge on any atom is -0.384 e. The largest absolute Gasteiger partial charge is 0.384 e. The van der Waals surface area contributed by atoms with Crippen LogP contribution in [0, 0.1) is 19.3 Å². The van der Waals surface area contributed by atoms with Crippen LogP contribution >= 0.6 is 11.8 Å². The lowest BCUT2D eigenvalue weighted by Gasteiger charge is -2.24. The molecule has 5 nitrogen and oxygen atoms in total. The molecule has 0 unspecified atom stereocenters. The van der Waals surface area contributed by atoms with Crippen molar-refractivity contribution in [3.8, 4) is 0 Å². The lowest BCUT2D eigenvalue weighted by atomic mass is 10.1. The topological polar surface area (TPSA) is 78.9 Å². The molecule has 98 valence electrons. The van der Waals surface area contributed by atoms with E-state index in [1.165, 1.54) is 5.75 Å². The Kier molecular flexibility index (Phi) is 4.06. The number of nitrogens with zero attached hydrogens (tertiary/aromatic N) is 3. The van der Waals surface area contributed by atoms with Gasteiger partial charge in [0.25, 0.3) is 0 Å². The molecule has 0 radical (unpaired) electrons. The number of amidine groups is 1. The van der Waals surface area contributed by atoms with Crippen molar-refractivity contribution in [2.45, 2.75) is 20.3 Å². The Morgan fingerprint density at radius 2 is 2.06 bits per heavy atom. The zero-order valence-electron chi connectivity index (χ0n) is 10.9. The van der Waals surface area contributed by atoms with Gasteiger partial charge in [0.1, 0.15) is 5.84 Å². The second-order valence-electron chi connectivity index (χ2n) is 4.48. The molecule has 0 atom stereocenters. The SMILES string of the molecule is Cc1nnc(N2CCCSCC2)c(C(=N)N)c1C. The highest BCUT2D eigenvalue weighted by molar-refractivity contribution is 7.99. The van der Waals surface area contributed by atoms with Crippen molar-refractivity contribution >= 4 is 23.4 Å². The van der Waals surface area contributed by atoms with Gasteiger partial charge in [-0.15, -0.1) is 5.10 Å². The summed E-state index contributed by atoms with van der Waals surface area (Å²) in [6.07, 6.45) is 1.14. The third kappa shape index (κ3) is 2.58. The molecule has 1 aliphatic heterocycles. The van der Waals surface area contributed by atoms with E-state index in [-0.39, 0.29) is 5.84 Å². The zero-order valence-corrected chi connectivity index (χ0v) is 11.7. The van der Waals surface area contributed by atoms with Crippen molar-refractivity contribution in [2.75, 3.05) is 29.5 Å². The van der Waals surface area contributed by atoms with Gasteiger partial charge >= 0.3 is 0 Å². The molecule has 1 aliphatic rings. The van der Waals surface area contributed by atoms with Gasteiger partial charge in [0.15, 0.2) is 5.82 Å². The van der Waals surface area contributed by atoms with E-state index in [2.05, 4.69) is 15.1 Å². The second kappa shape index (κ2) is 5.56. The molecule has 0 amide bonds. The highest BCUT2D eigenvalue weighted by Crippen LogP contribution is 2.23. The van der Waals surface area contributed by atoms with Crippen LogP contribution in [-0.2, 0) is 0 Å². The fourth-order valence-electron chi connectivity index (χ4n) is 2.10. The third-order valence-corrected chi connectivity index (χ3v) is 4.28. The third-order valence-electron chi connectivity index (χ3n) is 3.23. The monoisotopic (exact) mass is 265 g/mol. The molecular formula is C12H19N5S. The lowest BCUT2D eigenvalue weighted by molar-refractivity contribution is 0.779. The van der Waals surface area contributed by atoms with Crippen LogP contribution in [-0.4, -0.2) is 40.6 Å².